The summed E-state index contributed by atoms with van der Waals surface area (Å²) in [6, 6.07) is 10.8. The van der Waals surface area contributed by atoms with Crippen LogP contribution in [0.5, 0.6) is 11.5 Å². The molecule has 2 aliphatic rings. The molecule has 0 unspecified atom stereocenters. The molecule has 0 saturated carbocycles. The largest absolute Gasteiger partial charge is 0.490 e. The van der Waals surface area contributed by atoms with Gasteiger partial charge in [-0.3, -0.25) is 10.8 Å². The fraction of sp³-hybridized carbons (Fsp3) is 0.375. The summed E-state index contributed by atoms with van der Waals surface area (Å²) in [5.41, 5.74) is 14.1. The molecule has 0 radical (unpaired) electrons. The van der Waals surface area contributed by atoms with Crippen LogP contribution in [0.15, 0.2) is 36.4 Å². The molecule has 0 amide bonds. The highest BCUT2D eigenvalue weighted by Gasteiger charge is 2.22. The number of nitrogens with one attached hydrogen (secondary N) is 2. The molecule has 0 aromatic heterocycles. The number of carboxylic acid groups (broad SMARTS) is 1. The maximum atomic E-state index is 11.9. The molecule has 0 atom stereocenters. The highest BCUT2D eigenvalue weighted by atomic mass is 16.5. The Morgan fingerprint density at radius 3 is 2.35 bits per heavy atom. The van der Waals surface area contributed by atoms with E-state index in [1.807, 2.05) is 18.2 Å². The third kappa shape index (κ3) is 5.33. The Kier molecular flexibility index (Phi) is 6.76. The molecule has 10 nitrogen and oxygen atoms in total. The Balaban J connectivity index is 1.41. The molecule has 2 aliphatic heterocycles. The summed E-state index contributed by atoms with van der Waals surface area (Å²) in [6.07, 6.45) is 2.19. The number of carbonyl (C=O) groups is 1. The number of benzene rings is 2. The second kappa shape index (κ2) is 9.90. The number of guanidine groups is 2. The Labute approximate surface area is 198 Å². The van der Waals surface area contributed by atoms with Crippen molar-refractivity contribution < 1.29 is 19.4 Å². The lowest BCUT2D eigenvalue weighted by atomic mass is 9.99. The zero-order valence-corrected chi connectivity index (χ0v) is 18.9. The van der Waals surface area contributed by atoms with Crippen LogP contribution in [0.1, 0.15) is 39.9 Å². The van der Waals surface area contributed by atoms with Crippen molar-refractivity contribution in [2.75, 3.05) is 19.6 Å². The molecule has 0 bridgehead atoms. The Hall–Kier alpha value is -3.95. The molecule has 7 N–H and O–H groups in total. The van der Waals surface area contributed by atoms with E-state index in [1.165, 1.54) is 11.6 Å². The fourth-order valence-electron chi connectivity index (χ4n) is 4.35. The summed E-state index contributed by atoms with van der Waals surface area (Å²) in [5, 5.41) is 24.9. The fourth-order valence-corrected chi connectivity index (χ4v) is 4.35. The van der Waals surface area contributed by atoms with Crippen LogP contribution in [-0.4, -0.2) is 58.5 Å². The molecule has 0 aliphatic carbocycles. The normalized spacial score (nSPS) is 16.0. The van der Waals surface area contributed by atoms with Gasteiger partial charge in [0.1, 0.15) is 24.2 Å². The first-order valence-corrected chi connectivity index (χ1v) is 11.3. The lowest BCUT2D eigenvalue weighted by molar-refractivity contribution is 0.0692. The first-order chi connectivity index (χ1) is 16.3. The predicted octanol–water partition coefficient (Wildman–Crippen LogP) is 1.95. The molecule has 0 spiro atoms. The molecule has 1 fully saturated rings. The van der Waals surface area contributed by atoms with Crippen molar-refractivity contribution in [3.63, 3.8) is 0 Å². The lowest BCUT2D eigenvalue weighted by Gasteiger charge is -2.32. The highest BCUT2D eigenvalue weighted by molar-refractivity contribution is 5.90. The number of fused-ring (bicyclic) bond motifs is 1. The lowest BCUT2D eigenvalue weighted by Crippen LogP contribution is -2.44. The minimum absolute atomic E-state index is 0.0507. The second-order valence-corrected chi connectivity index (χ2v) is 8.59. The minimum Gasteiger partial charge on any atom is -0.490 e. The van der Waals surface area contributed by atoms with Crippen LogP contribution in [-0.2, 0) is 19.6 Å². The van der Waals surface area contributed by atoms with E-state index >= 15 is 0 Å². The highest BCUT2D eigenvalue weighted by Crippen LogP contribution is 2.26. The van der Waals surface area contributed by atoms with Crippen LogP contribution in [0.25, 0.3) is 0 Å². The van der Waals surface area contributed by atoms with E-state index in [2.05, 4.69) is 0 Å². The van der Waals surface area contributed by atoms with Gasteiger partial charge in [0.2, 0.25) is 0 Å². The Morgan fingerprint density at radius 2 is 1.68 bits per heavy atom. The average molecular weight is 467 g/mol. The maximum Gasteiger partial charge on any atom is 0.336 e. The summed E-state index contributed by atoms with van der Waals surface area (Å²) in [7, 11) is 0. The van der Waals surface area contributed by atoms with E-state index in [0.717, 1.165) is 18.5 Å². The van der Waals surface area contributed by atoms with Crippen LogP contribution < -0.4 is 20.9 Å². The number of nitrogens with zero attached hydrogens (tertiary/aromatic N) is 2. The van der Waals surface area contributed by atoms with Gasteiger partial charge in [-0.25, -0.2) is 4.79 Å². The van der Waals surface area contributed by atoms with Crippen LogP contribution in [0.4, 0.5) is 0 Å². The monoisotopic (exact) mass is 466 g/mol. The van der Waals surface area contributed by atoms with Crippen LogP contribution in [0, 0.1) is 10.8 Å². The number of hydrogen-bond donors (Lipinski definition) is 5. The van der Waals surface area contributed by atoms with Gasteiger partial charge < -0.3 is 35.8 Å². The van der Waals surface area contributed by atoms with Gasteiger partial charge in [0.05, 0.1) is 5.56 Å². The van der Waals surface area contributed by atoms with Gasteiger partial charge in [-0.2, -0.15) is 0 Å². The third-order valence-electron chi connectivity index (χ3n) is 6.32. The molecular weight excluding hydrogens is 436 g/mol. The van der Waals surface area contributed by atoms with Crippen molar-refractivity contribution in [3.05, 3.63) is 58.7 Å². The van der Waals surface area contributed by atoms with E-state index in [0.29, 0.717) is 49.5 Å². The number of rotatable bonds is 6. The van der Waals surface area contributed by atoms with Crippen molar-refractivity contribution in [1.82, 2.24) is 9.80 Å². The topological polar surface area (TPSA) is 162 Å². The first-order valence-electron chi connectivity index (χ1n) is 11.3. The standard InChI is InChI=1S/C24H30N6O4/c25-23(26)29-9-6-18(7-10-29)34-20-4-2-16(21(12-20)22(31)32)14-33-19-3-1-15-5-8-30(24(27)28)13-17(15)11-19/h1-4,11-12,18H,5-10,13-14H2,(H3,25,26)(H3,27,28)(H,31,32). The summed E-state index contributed by atoms with van der Waals surface area (Å²) < 4.78 is 11.9. The van der Waals surface area contributed by atoms with Crippen molar-refractivity contribution in [1.29, 1.82) is 10.8 Å². The van der Waals surface area contributed by atoms with Gasteiger partial charge in [-0.15, -0.1) is 0 Å². The Morgan fingerprint density at radius 1 is 0.971 bits per heavy atom. The number of nitrogens with two attached hydrogens (primary N) is 2. The Bertz CT molecular complexity index is 1100. The number of piperidine rings is 1. The molecular formula is C24H30N6O4. The van der Waals surface area contributed by atoms with E-state index in [-0.39, 0.29) is 30.2 Å². The summed E-state index contributed by atoms with van der Waals surface area (Å²) in [5.74, 6) is 0.206. The molecule has 2 heterocycles. The molecule has 34 heavy (non-hydrogen) atoms. The van der Waals surface area contributed by atoms with Crippen molar-refractivity contribution in [2.45, 2.75) is 38.5 Å². The second-order valence-electron chi connectivity index (χ2n) is 8.59. The van der Waals surface area contributed by atoms with Crippen molar-refractivity contribution in [3.8, 4) is 11.5 Å². The molecule has 1 saturated heterocycles. The van der Waals surface area contributed by atoms with Gasteiger partial charge in [-0.1, -0.05) is 12.1 Å². The number of aromatic carboxylic acids is 1. The number of likely N-dealkylation sites (tertiary alicyclic amines) is 1. The maximum absolute atomic E-state index is 11.9. The quantitative estimate of drug-likeness (QED) is 0.319. The zero-order chi connectivity index (χ0) is 24.2. The van der Waals surface area contributed by atoms with E-state index in [9.17, 15) is 9.90 Å². The zero-order valence-electron chi connectivity index (χ0n) is 18.9. The van der Waals surface area contributed by atoms with E-state index in [4.69, 9.17) is 31.8 Å². The number of ether oxygens (including phenoxy) is 2. The van der Waals surface area contributed by atoms with E-state index in [1.54, 1.807) is 21.9 Å². The average Bonchev–Trinajstić information content (AvgIpc) is 2.82. The van der Waals surface area contributed by atoms with Crippen LogP contribution in [0.2, 0.25) is 0 Å². The third-order valence-corrected chi connectivity index (χ3v) is 6.32. The predicted molar refractivity (Wildman–Crippen MR) is 127 cm³/mol. The summed E-state index contributed by atoms with van der Waals surface area (Å²) >= 11 is 0. The van der Waals surface area contributed by atoms with Crippen LogP contribution >= 0.6 is 0 Å². The van der Waals surface area contributed by atoms with Crippen LogP contribution in [0.3, 0.4) is 0 Å². The molecule has 180 valence electrons. The molecule has 2 aromatic carbocycles. The SMILES string of the molecule is N=C(N)N1CCC(Oc2ccc(COc3ccc4c(c3)CN(C(=N)N)CC4)c(C(=O)O)c2)CC1. The van der Waals surface area contributed by atoms with Gasteiger partial charge >= 0.3 is 5.97 Å². The van der Waals surface area contributed by atoms with Crippen molar-refractivity contribution in [2.24, 2.45) is 11.5 Å². The van der Waals surface area contributed by atoms with Gasteiger partial charge in [-0.05, 0) is 41.8 Å². The smallest absolute Gasteiger partial charge is 0.336 e. The molecule has 10 heteroatoms. The van der Waals surface area contributed by atoms with Gasteiger partial charge in [0, 0.05) is 44.6 Å². The molecule has 4 rings (SSSR count). The van der Waals surface area contributed by atoms with Gasteiger partial charge in [0.25, 0.3) is 0 Å². The summed E-state index contributed by atoms with van der Waals surface area (Å²) in [6.45, 7) is 2.66. The molecule has 2 aromatic rings. The first kappa shape index (κ1) is 23.2. The minimum atomic E-state index is -1.04. The number of hydrogen-bond acceptors (Lipinski definition) is 5. The van der Waals surface area contributed by atoms with Gasteiger partial charge in [0.15, 0.2) is 11.9 Å². The number of carboxylic acids is 1. The van der Waals surface area contributed by atoms with Crippen molar-refractivity contribution >= 4 is 17.9 Å². The van der Waals surface area contributed by atoms with E-state index < -0.39 is 5.97 Å². The summed E-state index contributed by atoms with van der Waals surface area (Å²) in [4.78, 5) is 15.5.